The zero-order valence-corrected chi connectivity index (χ0v) is 6.35. The Morgan fingerprint density at radius 1 is 1.56 bits per heavy atom. The Balaban J connectivity index is 2.26. The molecule has 0 radical (unpaired) electrons. The molecule has 1 heterocycles. The van der Waals surface area contributed by atoms with Crippen LogP contribution in [0.5, 0.6) is 0 Å². The highest BCUT2D eigenvalue weighted by Gasteiger charge is 2.06. The van der Waals surface area contributed by atoms with Crippen LogP contribution in [0.15, 0.2) is 4.99 Å². The van der Waals surface area contributed by atoms with Gasteiger partial charge in [0.2, 0.25) is 0 Å². The molecule has 0 aromatic heterocycles. The van der Waals surface area contributed by atoms with Crippen LogP contribution in [0.2, 0.25) is 0 Å². The van der Waals surface area contributed by atoms with E-state index >= 15 is 0 Å². The highest BCUT2D eigenvalue weighted by atomic mass is 14.8. The summed E-state index contributed by atoms with van der Waals surface area (Å²) < 4.78 is 0. The van der Waals surface area contributed by atoms with E-state index in [0.29, 0.717) is 0 Å². The third kappa shape index (κ3) is 2.17. The summed E-state index contributed by atoms with van der Waals surface area (Å²) in [6.07, 6.45) is 3.78. The molecule has 1 nitrogen and oxygen atoms in total. The zero-order chi connectivity index (χ0) is 6.69. The van der Waals surface area contributed by atoms with Crippen LogP contribution in [-0.4, -0.2) is 12.3 Å². The van der Waals surface area contributed by atoms with Crippen LogP contribution in [0, 0.1) is 5.92 Å². The van der Waals surface area contributed by atoms with Crippen molar-refractivity contribution in [1.82, 2.24) is 0 Å². The van der Waals surface area contributed by atoms with E-state index in [1.165, 1.54) is 25.0 Å². The fraction of sp³-hybridized carbons (Fsp3) is 0.875. The summed E-state index contributed by atoms with van der Waals surface area (Å²) in [7, 11) is 0. The lowest BCUT2D eigenvalue weighted by molar-refractivity contribution is 0.679. The van der Waals surface area contributed by atoms with Gasteiger partial charge in [0.15, 0.2) is 0 Å². The third-order valence-corrected chi connectivity index (χ3v) is 1.60. The second-order valence-electron chi connectivity index (χ2n) is 3.15. The zero-order valence-electron chi connectivity index (χ0n) is 6.35. The Morgan fingerprint density at radius 2 is 2.33 bits per heavy atom. The Bertz CT molecular complexity index is 114. The van der Waals surface area contributed by atoms with Crippen LogP contribution in [0.25, 0.3) is 0 Å². The first-order valence-electron chi connectivity index (χ1n) is 3.81. The Hall–Kier alpha value is -0.330. The van der Waals surface area contributed by atoms with Gasteiger partial charge in [0.1, 0.15) is 0 Å². The molecule has 0 bridgehead atoms. The molecule has 0 N–H and O–H groups in total. The van der Waals surface area contributed by atoms with Gasteiger partial charge in [0.05, 0.1) is 0 Å². The molecule has 0 unspecified atom stereocenters. The van der Waals surface area contributed by atoms with E-state index in [-0.39, 0.29) is 0 Å². The van der Waals surface area contributed by atoms with Crippen molar-refractivity contribution in [2.45, 2.75) is 33.1 Å². The Kier molecular flexibility index (Phi) is 2.26. The number of hydrogen-bond acceptors (Lipinski definition) is 1. The molecule has 0 fully saturated rings. The molecular weight excluding hydrogens is 110 g/mol. The summed E-state index contributed by atoms with van der Waals surface area (Å²) in [5.41, 5.74) is 1.45. The molecule has 0 saturated carbocycles. The van der Waals surface area contributed by atoms with Crippen LogP contribution in [-0.2, 0) is 0 Å². The van der Waals surface area contributed by atoms with Crippen molar-refractivity contribution in [3.63, 3.8) is 0 Å². The Morgan fingerprint density at radius 3 is 2.78 bits per heavy atom. The quantitative estimate of drug-likeness (QED) is 0.537. The predicted molar refractivity (Wildman–Crippen MR) is 41.0 cm³/mol. The third-order valence-electron chi connectivity index (χ3n) is 1.60. The minimum atomic E-state index is 0.793. The molecule has 0 aromatic carbocycles. The van der Waals surface area contributed by atoms with Crippen molar-refractivity contribution in [3.8, 4) is 0 Å². The molecule has 1 aliphatic heterocycles. The minimum Gasteiger partial charge on any atom is -0.294 e. The first kappa shape index (κ1) is 6.79. The van der Waals surface area contributed by atoms with Gasteiger partial charge in [-0.2, -0.15) is 0 Å². The largest absolute Gasteiger partial charge is 0.294 e. The summed E-state index contributed by atoms with van der Waals surface area (Å²) in [4.78, 5) is 4.39. The van der Waals surface area contributed by atoms with Crippen molar-refractivity contribution < 1.29 is 0 Å². The lowest BCUT2D eigenvalue weighted by atomic mass is 10.1. The van der Waals surface area contributed by atoms with Gasteiger partial charge in [-0.25, -0.2) is 0 Å². The van der Waals surface area contributed by atoms with Crippen LogP contribution in [0.3, 0.4) is 0 Å². The average Bonchev–Trinajstić information content (AvgIpc) is 2.15. The molecular formula is C8H15N. The van der Waals surface area contributed by atoms with Gasteiger partial charge in [0, 0.05) is 12.3 Å². The Labute approximate surface area is 57.2 Å². The van der Waals surface area contributed by atoms with Gasteiger partial charge in [0.25, 0.3) is 0 Å². The first-order chi connectivity index (χ1) is 4.29. The van der Waals surface area contributed by atoms with Crippen LogP contribution < -0.4 is 0 Å². The minimum absolute atomic E-state index is 0.793. The van der Waals surface area contributed by atoms with E-state index in [4.69, 9.17) is 0 Å². The fourth-order valence-electron chi connectivity index (χ4n) is 1.24. The smallest absolute Gasteiger partial charge is 0.0392 e. The van der Waals surface area contributed by atoms with E-state index in [9.17, 15) is 0 Å². The number of nitrogens with zero attached hydrogens (tertiary/aromatic N) is 1. The summed E-state index contributed by atoms with van der Waals surface area (Å²) in [5.74, 6) is 0.793. The standard InChI is InChI=1S/C8H15N/c1-7(2)6-8-4-3-5-9-8/h7H,3-6H2,1-2H3. The van der Waals surface area contributed by atoms with Crippen LogP contribution in [0.1, 0.15) is 33.1 Å². The fourth-order valence-corrected chi connectivity index (χ4v) is 1.24. The van der Waals surface area contributed by atoms with Gasteiger partial charge in [-0.3, -0.25) is 4.99 Å². The monoisotopic (exact) mass is 125 g/mol. The van der Waals surface area contributed by atoms with Crippen molar-refractivity contribution in [3.05, 3.63) is 0 Å². The molecule has 52 valence electrons. The summed E-state index contributed by atoms with van der Waals surface area (Å²) >= 11 is 0. The molecule has 0 saturated heterocycles. The molecule has 0 aliphatic carbocycles. The number of rotatable bonds is 2. The van der Waals surface area contributed by atoms with E-state index in [0.717, 1.165) is 12.5 Å². The summed E-state index contributed by atoms with van der Waals surface area (Å²) in [6.45, 7) is 5.59. The van der Waals surface area contributed by atoms with Crippen LogP contribution >= 0.6 is 0 Å². The molecule has 1 heteroatoms. The molecule has 9 heavy (non-hydrogen) atoms. The van der Waals surface area contributed by atoms with E-state index in [1.807, 2.05) is 0 Å². The molecule has 0 atom stereocenters. The SMILES string of the molecule is CC(C)CC1=NCCC1. The maximum atomic E-state index is 4.39. The number of hydrogen-bond donors (Lipinski definition) is 0. The molecule has 1 aliphatic rings. The van der Waals surface area contributed by atoms with Crippen molar-refractivity contribution in [2.75, 3.05) is 6.54 Å². The van der Waals surface area contributed by atoms with Crippen molar-refractivity contribution in [2.24, 2.45) is 10.9 Å². The van der Waals surface area contributed by atoms with Crippen molar-refractivity contribution >= 4 is 5.71 Å². The van der Waals surface area contributed by atoms with Gasteiger partial charge >= 0.3 is 0 Å². The van der Waals surface area contributed by atoms with E-state index in [2.05, 4.69) is 18.8 Å². The van der Waals surface area contributed by atoms with Gasteiger partial charge < -0.3 is 0 Å². The average molecular weight is 125 g/mol. The highest BCUT2D eigenvalue weighted by molar-refractivity contribution is 5.85. The van der Waals surface area contributed by atoms with E-state index < -0.39 is 0 Å². The molecule has 1 rings (SSSR count). The van der Waals surface area contributed by atoms with Crippen LogP contribution in [0.4, 0.5) is 0 Å². The summed E-state index contributed by atoms with van der Waals surface area (Å²) in [6, 6.07) is 0. The molecule has 0 amide bonds. The van der Waals surface area contributed by atoms with E-state index in [1.54, 1.807) is 0 Å². The normalized spacial score (nSPS) is 18.8. The topological polar surface area (TPSA) is 12.4 Å². The summed E-state index contributed by atoms with van der Waals surface area (Å²) in [5, 5.41) is 0. The lowest BCUT2D eigenvalue weighted by Crippen LogP contribution is -1.98. The molecule has 0 spiro atoms. The predicted octanol–water partition coefficient (Wildman–Crippen LogP) is 2.27. The van der Waals surface area contributed by atoms with Gasteiger partial charge in [-0.15, -0.1) is 0 Å². The molecule has 0 aromatic rings. The second kappa shape index (κ2) is 3.00. The maximum Gasteiger partial charge on any atom is 0.0392 e. The first-order valence-corrected chi connectivity index (χ1v) is 3.81. The van der Waals surface area contributed by atoms with Gasteiger partial charge in [-0.05, 0) is 25.2 Å². The lowest BCUT2D eigenvalue weighted by Gasteiger charge is -2.01. The number of aliphatic imine (C=N–C) groups is 1. The highest BCUT2D eigenvalue weighted by Crippen LogP contribution is 2.11. The van der Waals surface area contributed by atoms with Gasteiger partial charge in [-0.1, -0.05) is 13.8 Å². The maximum absolute atomic E-state index is 4.39. The van der Waals surface area contributed by atoms with Crippen molar-refractivity contribution in [1.29, 1.82) is 0 Å². The second-order valence-corrected chi connectivity index (χ2v) is 3.15.